The Labute approximate surface area is 110 Å². The molecule has 0 fully saturated rings. The number of nitrogens with one attached hydrogen (secondary N) is 2. The van der Waals surface area contributed by atoms with Crippen molar-refractivity contribution in [3.63, 3.8) is 0 Å². The van der Waals surface area contributed by atoms with Crippen LogP contribution in [0, 0.1) is 6.92 Å². The second kappa shape index (κ2) is 6.50. The van der Waals surface area contributed by atoms with Crippen LogP contribution in [0.1, 0.15) is 11.7 Å². The monoisotopic (exact) mass is 260 g/mol. The van der Waals surface area contributed by atoms with Gasteiger partial charge in [-0.05, 0) is 12.1 Å². The molecule has 0 aliphatic rings. The fourth-order valence-corrected chi connectivity index (χ4v) is 1.49. The SMILES string of the molecule is Cc1nc(CCN=C(NN)Nc2ccccc2)no1. The Morgan fingerprint density at radius 2 is 2.16 bits per heavy atom. The Bertz CT molecular complexity index is 536. The highest BCUT2D eigenvalue weighted by Gasteiger charge is 2.02. The summed E-state index contributed by atoms with van der Waals surface area (Å²) in [5, 5.41) is 6.86. The topological polar surface area (TPSA) is 101 Å². The van der Waals surface area contributed by atoms with E-state index in [1.165, 1.54) is 0 Å². The lowest BCUT2D eigenvalue weighted by atomic mass is 10.3. The van der Waals surface area contributed by atoms with Crippen LogP contribution in [0.25, 0.3) is 0 Å². The molecule has 0 radical (unpaired) electrons. The van der Waals surface area contributed by atoms with Crippen LogP contribution in [0.3, 0.4) is 0 Å². The van der Waals surface area contributed by atoms with Crippen LogP contribution in [0.15, 0.2) is 39.8 Å². The zero-order chi connectivity index (χ0) is 13.5. The zero-order valence-electron chi connectivity index (χ0n) is 10.6. The molecule has 0 unspecified atom stereocenters. The minimum Gasteiger partial charge on any atom is -0.340 e. The van der Waals surface area contributed by atoms with Gasteiger partial charge in [-0.25, -0.2) is 5.84 Å². The predicted octanol–water partition coefficient (Wildman–Crippen LogP) is 0.852. The van der Waals surface area contributed by atoms with E-state index in [0.717, 1.165) is 5.69 Å². The van der Waals surface area contributed by atoms with Crippen molar-refractivity contribution < 1.29 is 4.52 Å². The molecule has 0 saturated carbocycles. The van der Waals surface area contributed by atoms with E-state index in [4.69, 9.17) is 10.4 Å². The first-order valence-electron chi connectivity index (χ1n) is 5.90. The molecule has 2 rings (SSSR count). The van der Waals surface area contributed by atoms with Crippen molar-refractivity contribution in [3.8, 4) is 0 Å². The third-order valence-corrected chi connectivity index (χ3v) is 2.35. The summed E-state index contributed by atoms with van der Waals surface area (Å²) in [4.78, 5) is 8.39. The second-order valence-corrected chi connectivity index (χ2v) is 3.85. The molecule has 4 N–H and O–H groups in total. The van der Waals surface area contributed by atoms with Gasteiger partial charge in [0.2, 0.25) is 11.9 Å². The summed E-state index contributed by atoms with van der Waals surface area (Å²) in [6, 6.07) is 9.65. The van der Waals surface area contributed by atoms with Gasteiger partial charge in [0.15, 0.2) is 5.82 Å². The minimum atomic E-state index is 0.492. The van der Waals surface area contributed by atoms with Crippen molar-refractivity contribution in [2.45, 2.75) is 13.3 Å². The largest absolute Gasteiger partial charge is 0.340 e. The van der Waals surface area contributed by atoms with Gasteiger partial charge in [-0.3, -0.25) is 10.4 Å². The summed E-state index contributed by atoms with van der Waals surface area (Å²) in [6.07, 6.45) is 0.596. The molecule has 7 heteroatoms. The highest BCUT2D eigenvalue weighted by Crippen LogP contribution is 2.04. The van der Waals surface area contributed by atoms with Gasteiger partial charge in [-0.1, -0.05) is 23.4 Å². The van der Waals surface area contributed by atoms with Gasteiger partial charge in [0, 0.05) is 19.0 Å². The van der Waals surface area contributed by atoms with E-state index < -0.39 is 0 Å². The van der Waals surface area contributed by atoms with Crippen molar-refractivity contribution in [1.82, 2.24) is 15.6 Å². The van der Waals surface area contributed by atoms with Gasteiger partial charge >= 0.3 is 0 Å². The van der Waals surface area contributed by atoms with Crippen LogP contribution in [-0.2, 0) is 6.42 Å². The van der Waals surface area contributed by atoms with Crippen molar-refractivity contribution in [3.05, 3.63) is 42.0 Å². The molecule has 0 saturated heterocycles. The van der Waals surface area contributed by atoms with Gasteiger partial charge in [-0.15, -0.1) is 0 Å². The molecule has 1 heterocycles. The predicted molar refractivity (Wildman–Crippen MR) is 72.4 cm³/mol. The Kier molecular flexibility index (Phi) is 4.46. The maximum atomic E-state index is 5.41. The van der Waals surface area contributed by atoms with Gasteiger partial charge in [0.05, 0.1) is 6.54 Å². The summed E-state index contributed by atoms with van der Waals surface area (Å²) in [6.45, 7) is 2.27. The maximum absolute atomic E-state index is 5.41. The van der Waals surface area contributed by atoms with Gasteiger partial charge in [0.25, 0.3) is 0 Å². The molecule has 1 aromatic carbocycles. The van der Waals surface area contributed by atoms with E-state index >= 15 is 0 Å². The highest BCUT2D eigenvalue weighted by molar-refractivity contribution is 5.93. The van der Waals surface area contributed by atoms with E-state index in [-0.39, 0.29) is 0 Å². The summed E-state index contributed by atoms with van der Waals surface area (Å²) in [5.41, 5.74) is 3.43. The number of aliphatic imine (C=N–C) groups is 1. The molecule has 0 aliphatic carbocycles. The van der Waals surface area contributed by atoms with E-state index in [1.54, 1.807) is 6.92 Å². The number of aryl methyl sites for hydroxylation is 1. The van der Waals surface area contributed by atoms with E-state index in [9.17, 15) is 0 Å². The molecule has 0 amide bonds. The number of rotatable bonds is 4. The van der Waals surface area contributed by atoms with E-state index in [2.05, 4.69) is 25.9 Å². The Morgan fingerprint density at radius 1 is 1.37 bits per heavy atom. The van der Waals surface area contributed by atoms with Crippen molar-refractivity contribution in [2.75, 3.05) is 11.9 Å². The highest BCUT2D eigenvalue weighted by atomic mass is 16.5. The fraction of sp³-hybridized carbons (Fsp3) is 0.250. The van der Waals surface area contributed by atoms with Crippen molar-refractivity contribution in [2.24, 2.45) is 10.8 Å². The fourth-order valence-electron chi connectivity index (χ4n) is 1.49. The lowest BCUT2D eigenvalue weighted by Gasteiger charge is -2.08. The number of hydrogen-bond acceptors (Lipinski definition) is 5. The first kappa shape index (κ1) is 13.0. The molecule has 0 aliphatic heterocycles. The van der Waals surface area contributed by atoms with Crippen molar-refractivity contribution in [1.29, 1.82) is 0 Å². The Balaban J connectivity index is 1.88. The van der Waals surface area contributed by atoms with Gasteiger partial charge in [-0.2, -0.15) is 4.98 Å². The van der Waals surface area contributed by atoms with Gasteiger partial charge in [0.1, 0.15) is 0 Å². The van der Waals surface area contributed by atoms with Gasteiger partial charge < -0.3 is 9.84 Å². The lowest BCUT2D eigenvalue weighted by Crippen LogP contribution is -2.36. The lowest BCUT2D eigenvalue weighted by molar-refractivity contribution is 0.387. The second-order valence-electron chi connectivity index (χ2n) is 3.85. The van der Waals surface area contributed by atoms with Crippen LogP contribution in [0.2, 0.25) is 0 Å². The number of benzene rings is 1. The van der Waals surface area contributed by atoms with Crippen LogP contribution in [0.5, 0.6) is 0 Å². The summed E-state index contributed by atoms with van der Waals surface area (Å²) < 4.78 is 4.88. The van der Waals surface area contributed by atoms with E-state index in [1.807, 2.05) is 30.3 Å². The first-order valence-corrected chi connectivity index (χ1v) is 5.90. The van der Waals surface area contributed by atoms with Crippen LogP contribution in [-0.4, -0.2) is 22.6 Å². The Morgan fingerprint density at radius 3 is 2.79 bits per heavy atom. The minimum absolute atomic E-state index is 0.492. The number of anilines is 1. The molecule has 2 aromatic rings. The van der Waals surface area contributed by atoms with Crippen LogP contribution < -0.4 is 16.6 Å². The maximum Gasteiger partial charge on any atom is 0.223 e. The molecule has 1 aromatic heterocycles. The number of nitrogens with two attached hydrogens (primary N) is 1. The number of aromatic nitrogens is 2. The zero-order valence-corrected chi connectivity index (χ0v) is 10.6. The summed E-state index contributed by atoms with van der Waals surface area (Å²) >= 11 is 0. The van der Waals surface area contributed by atoms with Crippen molar-refractivity contribution >= 4 is 11.6 Å². The van der Waals surface area contributed by atoms with Crippen LogP contribution >= 0.6 is 0 Å². The molecule has 19 heavy (non-hydrogen) atoms. The molecule has 0 bridgehead atoms. The average molecular weight is 260 g/mol. The molecular formula is C12H16N6O. The third-order valence-electron chi connectivity index (χ3n) is 2.35. The molecule has 100 valence electrons. The smallest absolute Gasteiger partial charge is 0.223 e. The number of nitrogens with zero attached hydrogens (tertiary/aromatic N) is 3. The number of hydrogen-bond donors (Lipinski definition) is 3. The standard InChI is InChI=1S/C12H16N6O/c1-9-15-11(18-19-9)7-8-14-12(17-13)16-10-5-3-2-4-6-10/h2-6H,7-8,13H2,1H3,(H2,14,16,17). The average Bonchev–Trinajstić information content (AvgIpc) is 2.84. The first-order chi connectivity index (χ1) is 9.28. The van der Waals surface area contributed by atoms with E-state index in [0.29, 0.717) is 30.6 Å². The van der Waals surface area contributed by atoms with Crippen LogP contribution in [0.4, 0.5) is 5.69 Å². The number of hydrazine groups is 1. The summed E-state index contributed by atoms with van der Waals surface area (Å²) in [5.74, 6) is 7.09. The molecule has 7 nitrogen and oxygen atoms in total. The number of para-hydroxylation sites is 1. The molecular weight excluding hydrogens is 244 g/mol. The molecule has 0 atom stereocenters. The quantitative estimate of drug-likeness (QED) is 0.326. The normalized spacial score (nSPS) is 11.4. The molecule has 0 spiro atoms. The third kappa shape index (κ3) is 4.07. The summed E-state index contributed by atoms with van der Waals surface area (Å²) in [7, 11) is 0. The Hall–Kier alpha value is -2.41. The number of guanidine groups is 1.